The third-order valence-electron chi connectivity index (χ3n) is 5.84. The molecule has 32 heavy (non-hydrogen) atoms. The van der Waals surface area contributed by atoms with Crippen molar-refractivity contribution in [3.63, 3.8) is 0 Å². The van der Waals surface area contributed by atoms with Crippen LogP contribution in [0.25, 0.3) is 0 Å². The molecule has 0 aromatic heterocycles. The van der Waals surface area contributed by atoms with E-state index < -0.39 is 6.04 Å². The smallest absolute Gasteiger partial charge is 0.243 e. The third kappa shape index (κ3) is 7.25. The van der Waals surface area contributed by atoms with Crippen LogP contribution in [0.15, 0.2) is 42.5 Å². The zero-order valence-electron chi connectivity index (χ0n) is 19.5. The number of rotatable bonds is 11. The predicted molar refractivity (Wildman–Crippen MR) is 133 cm³/mol. The van der Waals surface area contributed by atoms with Gasteiger partial charge in [-0.1, -0.05) is 74.3 Å². The molecule has 0 saturated carbocycles. The number of halogens is 2. The molecule has 0 saturated heterocycles. The number of nitrogens with one attached hydrogen (secondary N) is 1. The SMILES string of the molecule is CCc1ccc(CCC(=O)N(Cc2c(Cl)cccc2Cl)[C@@H](CC)C(=O)N[C@H](C)CC)cc1. The van der Waals surface area contributed by atoms with E-state index in [1.807, 2.05) is 20.8 Å². The van der Waals surface area contributed by atoms with Crippen LogP contribution in [0.1, 0.15) is 63.6 Å². The van der Waals surface area contributed by atoms with Crippen LogP contribution in [-0.4, -0.2) is 28.8 Å². The Hall–Kier alpha value is -2.04. The molecule has 2 aromatic rings. The van der Waals surface area contributed by atoms with Crippen molar-refractivity contribution in [2.24, 2.45) is 0 Å². The fourth-order valence-corrected chi connectivity index (χ4v) is 4.07. The second-order valence-electron chi connectivity index (χ2n) is 8.13. The molecule has 0 aliphatic carbocycles. The number of nitrogens with zero attached hydrogens (tertiary/aromatic N) is 1. The van der Waals surface area contributed by atoms with Crippen molar-refractivity contribution in [1.82, 2.24) is 10.2 Å². The highest BCUT2D eigenvalue weighted by atomic mass is 35.5. The van der Waals surface area contributed by atoms with Crippen molar-refractivity contribution < 1.29 is 9.59 Å². The summed E-state index contributed by atoms with van der Waals surface area (Å²) in [6.45, 7) is 8.20. The van der Waals surface area contributed by atoms with Gasteiger partial charge in [0.05, 0.1) is 0 Å². The first-order chi connectivity index (χ1) is 15.3. The molecule has 6 heteroatoms. The van der Waals surface area contributed by atoms with Gasteiger partial charge in [-0.05, 0) is 55.9 Å². The quantitative estimate of drug-likeness (QED) is 0.418. The van der Waals surface area contributed by atoms with Crippen LogP contribution in [0, 0.1) is 0 Å². The summed E-state index contributed by atoms with van der Waals surface area (Å²) in [5.41, 5.74) is 3.03. The fraction of sp³-hybridized carbons (Fsp3) is 0.462. The molecule has 0 heterocycles. The molecule has 174 valence electrons. The Bertz CT molecular complexity index is 879. The second kappa shape index (κ2) is 12.9. The Morgan fingerprint density at radius 2 is 1.53 bits per heavy atom. The van der Waals surface area contributed by atoms with Gasteiger partial charge in [-0.2, -0.15) is 0 Å². The van der Waals surface area contributed by atoms with E-state index in [4.69, 9.17) is 23.2 Å². The highest BCUT2D eigenvalue weighted by Gasteiger charge is 2.30. The molecule has 0 fully saturated rings. The highest BCUT2D eigenvalue weighted by Crippen LogP contribution is 2.27. The normalized spacial score (nSPS) is 12.8. The van der Waals surface area contributed by atoms with Gasteiger partial charge >= 0.3 is 0 Å². The average Bonchev–Trinajstić information content (AvgIpc) is 2.79. The summed E-state index contributed by atoms with van der Waals surface area (Å²) in [6, 6.07) is 13.0. The number of aryl methyl sites for hydroxylation is 2. The molecular formula is C26H34Cl2N2O2. The topological polar surface area (TPSA) is 49.4 Å². The van der Waals surface area contributed by atoms with Crippen molar-refractivity contribution in [2.45, 2.75) is 78.4 Å². The number of carbonyl (C=O) groups excluding carboxylic acids is 2. The van der Waals surface area contributed by atoms with Crippen LogP contribution in [0.3, 0.4) is 0 Å². The van der Waals surface area contributed by atoms with Gasteiger partial charge in [-0.15, -0.1) is 0 Å². The molecular weight excluding hydrogens is 443 g/mol. The van der Waals surface area contributed by atoms with E-state index in [0.717, 1.165) is 18.4 Å². The van der Waals surface area contributed by atoms with Crippen molar-refractivity contribution in [2.75, 3.05) is 0 Å². The zero-order valence-corrected chi connectivity index (χ0v) is 21.0. The van der Waals surface area contributed by atoms with Crippen molar-refractivity contribution in [3.05, 3.63) is 69.2 Å². The van der Waals surface area contributed by atoms with E-state index in [1.165, 1.54) is 5.56 Å². The Labute approximate surface area is 202 Å². The van der Waals surface area contributed by atoms with Gasteiger partial charge in [0.1, 0.15) is 6.04 Å². The molecule has 0 bridgehead atoms. The minimum Gasteiger partial charge on any atom is -0.352 e. The van der Waals surface area contributed by atoms with Gasteiger partial charge in [0, 0.05) is 34.6 Å². The first-order valence-corrected chi connectivity index (χ1v) is 12.2. The van der Waals surface area contributed by atoms with Crippen molar-refractivity contribution >= 4 is 35.0 Å². The molecule has 0 radical (unpaired) electrons. The predicted octanol–water partition coefficient (Wildman–Crippen LogP) is 6.21. The summed E-state index contributed by atoms with van der Waals surface area (Å²) in [5.74, 6) is -0.239. The number of carbonyl (C=O) groups is 2. The average molecular weight is 477 g/mol. The summed E-state index contributed by atoms with van der Waals surface area (Å²) >= 11 is 12.8. The molecule has 2 rings (SSSR count). The summed E-state index contributed by atoms with van der Waals surface area (Å²) in [7, 11) is 0. The maximum atomic E-state index is 13.4. The number of amides is 2. The van der Waals surface area contributed by atoms with E-state index in [0.29, 0.717) is 34.9 Å². The maximum absolute atomic E-state index is 13.4. The molecule has 0 aliphatic heterocycles. The lowest BCUT2D eigenvalue weighted by atomic mass is 10.0. The molecule has 0 unspecified atom stereocenters. The van der Waals surface area contributed by atoms with E-state index >= 15 is 0 Å². The van der Waals surface area contributed by atoms with Gasteiger partial charge in [-0.25, -0.2) is 0 Å². The summed E-state index contributed by atoms with van der Waals surface area (Å²) in [5, 5.41) is 4.00. The van der Waals surface area contributed by atoms with Crippen LogP contribution in [0.5, 0.6) is 0 Å². The van der Waals surface area contributed by atoms with Gasteiger partial charge in [0.2, 0.25) is 11.8 Å². The molecule has 1 N–H and O–H groups in total. The Balaban J connectivity index is 2.26. The first kappa shape index (κ1) is 26.2. The van der Waals surface area contributed by atoms with Gasteiger partial charge < -0.3 is 10.2 Å². The summed E-state index contributed by atoms with van der Waals surface area (Å²) < 4.78 is 0. The minimum atomic E-state index is -0.591. The van der Waals surface area contributed by atoms with E-state index in [2.05, 4.69) is 36.5 Å². The van der Waals surface area contributed by atoms with Gasteiger partial charge in [0.25, 0.3) is 0 Å². The molecule has 2 aromatic carbocycles. The fourth-order valence-electron chi connectivity index (χ4n) is 3.55. The van der Waals surface area contributed by atoms with Gasteiger partial charge in [-0.3, -0.25) is 9.59 Å². The lowest BCUT2D eigenvalue weighted by Gasteiger charge is -2.32. The second-order valence-corrected chi connectivity index (χ2v) is 8.95. The largest absolute Gasteiger partial charge is 0.352 e. The molecule has 2 atom stereocenters. The Morgan fingerprint density at radius 3 is 2.06 bits per heavy atom. The number of benzene rings is 2. The molecule has 4 nitrogen and oxygen atoms in total. The van der Waals surface area contributed by atoms with Crippen LogP contribution < -0.4 is 5.32 Å². The minimum absolute atomic E-state index is 0.0366. The number of hydrogen-bond acceptors (Lipinski definition) is 2. The number of hydrogen-bond donors (Lipinski definition) is 1. The van der Waals surface area contributed by atoms with Crippen LogP contribution in [0.4, 0.5) is 0 Å². The molecule has 0 spiro atoms. The lowest BCUT2D eigenvalue weighted by molar-refractivity contribution is -0.141. The molecule has 2 amide bonds. The van der Waals surface area contributed by atoms with E-state index in [1.54, 1.807) is 23.1 Å². The van der Waals surface area contributed by atoms with Crippen molar-refractivity contribution in [1.29, 1.82) is 0 Å². The van der Waals surface area contributed by atoms with Crippen LogP contribution in [0.2, 0.25) is 10.0 Å². The molecule has 0 aliphatic rings. The van der Waals surface area contributed by atoms with Crippen LogP contribution >= 0.6 is 23.2 Å². The first-order valence-electron chi connectivity index (χ1n) is 11.4. The van der Waals surface area contributed by atoms with Crippen molar-refractivity contribution in [3.8, 4) is 0 Å². The zero-order chi connectivity index (χ0) is 23.7. The Kier molecular flexibility index (Phi) is 10.5. The monoisotopic (exact) mass is 476 g/mol. The highest BCUT2D eigenvalue weighted by molar-refractivity contribution is 6.36. The van der Waals surface area contributed by atoms with Gasteiger partial charge in [0.15, 0.2) is 0 Å². The van der Waals surface area contributed by atoms with E-state index in [9.17, 15) is 9.59 Å². The summed E-state index contributed by atoms with van der Waals surface area (Å²) in [4.78, 5) is 28.0. The third-order valence-corrected chi connectivity index (χ3v) is 6.54. The maximum Gasteiger partial charge on any atom is 0.243 e. The van der Waals surface area contributed by atoms with Crippen LogP contribution in [-0.2, 0) is 29.0 Å². The lowest BCUT2D eigenvalue weighted by Crippen LogP contribution is -2.50. The standard InChI is InChI=1S/C26H34Cl2N2O2/c1-5-18(4)29-26(32)24(7-3)30(17-21-22(27)9-8-10-23(21)28)25(31)16-15-20-13-11-19(6-2)12-14-20/h8-14,18,24H,5-7,15-17H2,1-4H3,(H,29,32)/t18-,24+/m1/s1. The Morgan fingerprint density at radius 1 is 0.938 bits per heavy atom. The van der Waals surface area contributed by atoms with E-state index in [-0.39, 0.29) is 24.4 Å². The summed E-state index contributed by atoms with van der Waals surface area (Å²) in [6.07, 6.45) is 3.22.